The van der Waals surface area contributed by atoms with Crippen LogP contribution in [-0.4, -0.2) is 30.1 Å². The molecule has 0 amide bonds. The summed E-state index contributed by atoms with van der Waals surface area (Å²) in [6.07, 6.45) is 3.96. The summed E-state index contributed by atoms with van der Waals surface area (Å²) in [7, 11) is 0. The summed E-state index contributed by atoms with van der Waals surface area (Å²) in [6.45, 7) is 8.97. The molecule has 0 spiro atoms. The second kappa shape index (κ2) is 4.97. The fraction of sp³-hybridized carbons (Fsp3) is 1.00. The number of rotatable bonds is 4. The van der Waals surface area contributed by atoms with Gasteiger partial charge in [0.2, 0.25) is 0 Å². The zero-order valence-corrected chi connectivity index (χ0v) is 9.29. The predicted molar refractivity (Wildman–Crippen MR) is 57.7 cm³/mol. The van der Waals surface area contributed by atoms with Crippen LogP contribution < -0.4 is 5.73 Å². The van der Waals surface area contributed by atoms with Gasteiger partial charge in [-0.3, -0.25) is 4.90 Å². The summed E-state index contributed by atoms with van der Waals surface area (Å²) in [5.41, 5.74) is 5.82. The van der Waals surface area contributed by atoms with E-state index in [9.17, 15) is 0 Å². The largest absolute Gasteiger partial charge is 0.329 e. The molecule has 0 bridgehead atoms. The maximum atomic E-state index is 5.82. The quantitative estimate of drug-likeness (QED) is 0.722. The van der Waals surface area contributed by atoms with Crippen molar-refractivity contribution in [1.82, 2.24) is 4.90 Å². The van der Waals surface area contributed by atoms with Gasteiger partial charge < -0.3 is 5.73 Å². The summed E-state index contributed by atoms with van der Waals surface area (Å²) >= 11 is 0. The zero-order valence-electron chi connectivity index (χ0n) is 9.29. The molecule has 0 aromatic heterocycles. The van der Waals surface area contributed by atoms with E-state index in [4.69, 9.17) is 5.73 Å². The van der Waals surface area contributed by atoms with Crippen molar-refractivity contribution in [3.05, 3.63) is 0 Å². The van der Waals surface area contributed by atoms with Crippen LogP contribution >= 0.6 is 0 Å². The molecule has 0 radical (unpaired) electrons. The molecule has 2 nitrogen and oxygen atoms in total. The molecule has 1 aliphatic heterocycles. The lowest BCUT2D eigenvalue weighted by atomic mass is 10.0. The average Bonchev–Trinajstić information content (AvgIpc) is 2.47. The highest BCUT2D eigenvalue weighted by Crippen LogP contribution is 2.22. The molecule has 0 aromatic carbocycles. The molecule has 78 valence electrons. The van der Waals surface area contributed by atoms with Crippen LogP contribution in [0.15, 0.2) is 0 Å². The Hall–Kier alpha value is -0.0800. The highest BCUT2D eigenvalue weighted by molar-refractivity contribution is 4.83. The molecule has 0 aromatic rings. The van der Waals surface area contributed by atoms with Crippen LogP contribution in [0.1, 0.15) is 40.0 Å². The monoisotopic (exact) mass is 184 g/mol. The average molecular weight is 184 g/mol. The Morgan fingerprint density at radius 3 is 2.54 bits per heavy atom. The van der Waals surface area contributed by atoms with E-state index in [0.717, 1.165) is 18.5 Å². The molecule has 2 heteroatoms. The minimum absolute atomic E-state index is 0.623. The fourth-order valence-electron chi connectivity index (χ4n) is 2.41. The van der Waals surface area contributed by atoms with Gasteiger partial charge in [0.05, 0.1) is 0 Å². The van der Waals surface area contributed by atoms with Crippen LogP contribution in [-0.2, 0) is 0 Å². The lowest BCUT2D eigenvalue weighted by Crippen LogP contribution is -2.43. The second-order valence-corrected chi connectivity index (χ2v) is 4.75. The van der Waals surface area contributed by atoms with Crippen molar-refractivity contribution >= 4 is 0 Å². The van der Waals surface area contributed by atoms with E-state index >= 15 is 0 Å². The number of nitrogens with two attached hydrogens (primary N) is 1. The molecule has 2 atom stereocenters. The van der Waals surface area contributed by atoms with Crippen molar-refractivity contribution in [3.8, 4) is 0 Å². The summed E-state index contributed by atoms with van der Waals surface area (Å²) in [5, 5.41) is 0. The molecule has 1 aliphatic rings. The zero-order chi connectivity index (χ0) is 9.84. The van der Waals surface area contributed by atoms with E-state index in [1.807, 2.05) is 0 Å². The third-order valence-electron chi connectivity index (χ3n) is 3.09. The van der Waals surface area contributed by atoms with E-state index in [0.29, 0.717) is 6.04 Å². The maximum Gasteiger partial charge on any atom is 0.0223 e. The van der Waals surface area contributed by atoms with Crippen molar-refractivity contribution < 1.29 is 0 Å². The van der Waals surface area contributed by atoms with Gasteiger partial charge in [0, 0.05) is 18.6 Å². The van der Waals surface area contributed by atoms with E-state index in [2.05, 4.69) is 25.7 Å². The maximum absolute atomic E-state index is 5.82. The Balaban J connectivity index is 2.45. The summed E-state index contributed by atoms with van der Waals surface area (Å²) in [5.74, 6) is 0.765. The van der Waals surface area contributed by atoms with Gasteiger partial charge in [-0.2, -0.15) is 0 Å². The first-order valence-corrected chi connectivity index (χ1v) is 5.61. The van der Waals surface area contributed by atoms with Crippen molar-refractivity contribution in [2.75, 3.05) is 13.1 Å². The Labute approximate surface area is 82.5 Å². The van der Waals surface area contributed by atoms with Crippen molar-refractivity contribution in [1.29, 1.82) is 0 Å². The minimum atomic E-state index is 0.623. The van der Waals surface area contributed by atoms with Gasteiger partial charge in [0.1, 0.15) is 0 Å². The molecular formula is C11H24N2. The standard InChI is InChI=1S/C11H24N2/c1-9(2)7-11(8-12)13-6-4-5-10(13)3/h9-11H,4-8,12H2,1-3H3. The first-order valence-electron chi connectivity index (χ1n) is 5.61. The topological polar surface area (TPSA) is 29.3 Å². The summed E-state index contributed by atoms with van der Waals surface area (Å²) in [4.78, 5) is 2.60. The highest BCUT2D eigenvalue weighted by Gasteiger charge is 2.26. The molecule has 1 rings (SSSR count). The molecule has 1 heterocycles. The SMILES string of the molecule is CC(C)CC(CN)N1CCCC1C. The van der Waals surface area contributed by atoms with Gasteiger partial charge in [0.25, 0.3) is 0 Å². The van der Waals surface area contributed by atoms with Crippen LogP contribution in [0.2, 0.25) is 0 Å². The van der Waals surface area contributed by atoms with Crippen molar-refractivity contribution in [2.24, 2.45) is 11.7 Å². The van der Waals surface area contributed by atoms with Gasteiger partial charge >= 0.3 is 0 Å². The van der Waals surface area contributed by atoms with E-state index < -0.39 is 0 Å². The normalized spacial score (nSPS) is 27.0. The Morgan fingerprint density at radius 2 is 2.15 bits per heavy atom. The van der Waals surface area contributed by atoms with Crippen LogP contribution in [0.4, 0.5) is 0 Å². The van der Waals surface area contributed by atoms with Gasteiger partial charge in [0.15, 0.2) is 0 Å². The number of nitrogens with zero attached hydrogens (tertiary/aromatic N) is 1. The van der Waals surface area contributed by atoms with Crippen LogP contribution in [0.25, 0.3) is 0 Å². The molecule has 1 saturated heterocycles. The lowest BCUT2D eigenvalue weighted by molar-refractivity contribution is 0.172. The van der Waals surface area contributed by atoms with Crippen LogP contribution in [0.3, 0.4) is 0 Å². The Kier molecular flexibility index (Phi) is 4.20. The summed E-state index contributed by atoms with van der Waals surface area (Å²) in [6, 6.07) is 1.38. The second-order valence-electron chi connectivity index (χ2n) is 4.75. The molecule has 2 unspecified atom stereocenters. The van der Waals surface area contributed by atoms with Crippen LogP contribution in [0.5, 0.6) is 0 Å². The first-order chi connectivity index (χ1) is 6.15. The number of hydrogen-bond donors (Lipinski definition) is 1. The van der Waals surface area contributed by atoms with Gasteiger partial charge in [-0.15, -0.1) is 0 Å². The summed E-state index contributed by atoms with van der Waals surface area (Å²) < 4.78 is 0. The van der Waals surface area contributed by atoms with Gasteiger partial charge in [-0.1, -0.05) is 13.8 Å². The van der Waals surface area contributed by atoms with E-state index in [-0.39, 0.29) is 0 Å². The molecular weight excluding hydrogens is 160 g/mol. The minimum Gasteiger partial charge on any atom is -0.329 e. The van der Waals surface area contributed by atoms with Gasteiger partial charge in [-0.25, -0.2) is 0 Å². The molecule has 0 aliphatic carbocycles. The van der Waals surface area contributed by atoms with Gasteiger partial charge in [-0.05, 0) is 38.6 Å². The molecule has 1 fully saturated rings. The van der Waals surface area contributed by atoms with Crippen molar-refractivity contribution in [3.63, 3.8) is 0 Å². The Bertz CT molecular complexity index is 145. The fourth-order valence-corrected chi connectivity index (χ4v) is 2.41. The highest BCUT2D eigenvalue weighted by atomic mass is 15.2. The van der Waals surface area contributed by atoms with E-state index in [1.165, 1.54) is 25.8 Å². The third kappa shape index (κ3) is 2.96. The van der Waals surface area contributed by atoms with Crippen molar-refractivity contribution in [2.45, 2.75) is 52.1 Å². The first kappa shape index (κ1) is 11.0. The Morgan fingerprint density at radius 1 is 1.46 bits per heavy atom. The predicted octanol–water partition coefficient (Wildman–Crippen LogP) is 1.84. The molecule has 0 saturated carbocycles. The smallest absolute Gasteiger partial charge is 0.0223 e. The van der Waals surface area contributed by atoms with Crippen LogP contribution in [0, 0.1) is 5.92 Å². The number of hydrogen-bond acceptors (Lipinski definition) is 2. The molecule has 2 N–H and O–H groups in total. The number of likely N-dealkylation sites (tertiary alicyclic amines) is 1. The lowest BCUT2D eigenvalue weighted by Gasteiger charge is -2.31. The third-order valence-corrected chi connectivity index (χ3v) is 3.09. The molecule has 13 heavy (non-hydrogen) atoms. The van der Waals surface area contributed by atoms with E-state index in [1.54, 1.807) is 0 Å².